The van der Waals surface area contributed by atoms with Crippen molar-refractivity contribution in [1.82, 2.24) is 10.3 Å². The zero-order valence-corrected chi connectivity index (χ0v) is 14.1. The molecule has 1 aromatic carbocycles. The zero-order valence-electron chi connectivity index (χ0n) is 12.5. The fourth-order valence-corrected chi connectivity index (χ4v) is 2.50. The third-order valence-electron chi connectivity index (χ3n) is 3.11. The fourth-order valence-electron chi connectivity index (χ4n) is 2.08. The highest BCUT2D eigenvalue weighted by Gasteiger charge is 2.05. The minimum absolute atomic E-state index is 0.524. The minimum atomic E-state index is 0.524. The predicted octanol–water partition coefficient (Wildman–Crippen LogP) is 4.23. The van der Waals surface area contributed by atoms with Crippen LogP contribution in [0.5, 0.6) is 5.75 Å². The molecule has 0 bridgehead atoms. The summed E-state index contributed by atoms with van der Waals surface area (Å²) in [5.74, 6) is 0.934. The molecule has 0 aliphatic rings. The molecule has 4 heteroatoms. The molecule has 1 aromatic heterocycles. The molecule has 2 rings (SSSR count). The molecular formula is C17H21BrN2O. The molecule has 0 spiro atoms. The van der Waals surface area contributed by atoms with Crippen molar-refractivity contribution in [2.75, 3.05) is 6.54 Å². The van der Waals surface area contributed by atoms with E-state index in [2.05, 4.69) is 52.2 Å². The van der Waals surface area contributed by atoms with E-state index in [-0.39, 0.29) is 0 Å². The van der Waals surface area contributed by atoms with Gasteiger partial charge in [0, 0.05) is 34.5 Å². The second-order valence-electron chi connectivity index (χ2n) is 5.09. The standard InChI is InChI=1S/C17H21BrN2O/c1-3-6-19-10-15-7-13(2)4-5-17(15)21-12-14-8-16(18)11-20-9-14/h4-5,7-9,11,19H,3,6,10,12H2,1-2H3. The lowest BCUT2D eigenvalue weighted by molar-refractivity contribution is 0.301. The Morgan fingerprint density at radius 1 is 1.24 bits per heavy atom. The van der Waals surface area contributed by atoms with Gasteiger partial charge in [0.2, 0.25) is 0 Å². The molecule has 0 radical (unpaired) electrons. The molecule has 0 atom stereocenters. The van der Waals surface area contributed by atoms with E-state index < -0.39 is 0 Å². The van der Waals surface area contributed by atoms with E-state index in [1.807, 2.05) is 18.3 Å². The van der Waals surface area contributed by atoms with Gasteiger partial charge in [-0.3, -0.25) is 4.98 Å². The van der Waals surface area contributed by atoms with Gasteiger partial charge < -0.3 is 10.1 Å². The summed E-state index contributed by atoms with van der Waals surface area (Å²) in [6.07, 6.45) is 4.73. The number of benzene rings is 1. The average Bonchev–Trinajstić information content (AvgIpc) is 2.47. The lowest BCUT2D eigenvalue weighted by atomic mass is 10.1. The highest BCUT2D eigenvalue weighted by Crippen LogP contribution is 2.21. The Labute approximate surface area is 134 Å². The third-order valence-corrected chi connectivity index (χ3v) is 3.55. The minimum Gasteiger partial charge on any atom is -0.489 e. The average molecular weight is 349 g/mol. The van der Waals surface area contributed by atoms with E-state index in [4.69, 9.17) is 4.74 Å². The maximum Gasteiger partial charge on any atom is 0.124 e. The van der Waals surface area contributed by atoms with Crippen molar-refractivity contribution in [2.24, 2.45) is 0 Å². The summed E-state index contributed by atoms with van der Waals surface area (Å²) >= 11 is 3.43. The highest BCUT2D eigenvalue weighted by molar-refractivity contribution is 9.10. The first kappa shape index (κ1) is 16.0. The first-order chi connectivity index (χ1) is 10.2. The molecule has 2 aromatic rings. The van der Waals surface area contributed by atoms with Crippen LogP contribution in [-0.4, -0.2) is 11.5 Å². The number of rotatable bonds is 7. The van der Waals surface area contributed by atoms with E-state index in [0.29, 0.717) is 6.61 Å². The molecular weight excluding hydrogens is 328 g/mol. The van der Waals surface area contributed by atoms with Gasteiger partial charge in [-0.1, -0.05) is 24.6 Å². The fraction of sp³-hybridized carbons (Fsp3) is 0.353. The van der Waals surface area contributed by atoms with Crippen molar-refractivity contribution in [3.05, 3.63) is 57.8 Å². The van der Waals surface area contributed by atoms with Gasteiger partial charge in [0.25, 0.3) is 0 Å². The predicted molar refractivity (Wildman–Crippen MR) is 89.4 cm³/mol. The van der Waals surface area contributed by atoms with Gasteiger partial charge in [0.05, 0.1) is 0 Å². The zero-order chi connectivity index (χ0) is 15.1. The van der Waals surface area contributed by atoms with E-state index in [0.717, 1.165) is 35.3 Å². The topological polar surface area (TPSA) is 34.1 Å². The molecule has 0 aliphatic heterocycles. The Bertz CT molecular complexity index is 587. The summed E-state index contributed by atoms with van der Waals surface area (Å²) in [7, 11) is 0. The first-order valence-electron chi connectivity index (χ1n) is 7.21. The molecule has 1 N–H and O–H groups in total. The molecule has 112 valence electrons. The molecule has 0 aliphatic carbocycles. The summed E-state index contributed by atoms with van der Waals surface area (Å²) in [5, 5.41) is 3.43. The number of nitrogens with zero attached hydrogens (tertiary/aromatic N) is 1. The van der Waals surface area contributed by atoms with Gasteiger partial charge in [-0.2, -0.15) is 0 Å². The van der Waals surface area contributed by atoms with Gasteiger partial charge in [0.15, 0.2) is 0 Å². The van der Waals surface area contributed by atoms with Crippen LogP contribution in [0.15, 0.2) is 41.1 Å². The van der Waals surface area contributed by atoms with Gasteiger partial charge in [-0.05, 0) is 48.0 Å². The largest absolute Gasteiger partial charge is 0.489 e. The van der Waals surface area contributed by atoms with Gasteiger partial charge in [-0.25, -0.2) is 0 Å². The molecule has 0 unspecified atom stereocenters. The second kappa shape index (κ2) is 8.15. The SMILES string of the molecule is CCCNCc1cc(C)ccc1OCc1cncc(Br)c1. The summed E-state index contributed by atoms with van der Waals surface area (Å²) in [4.78, 5) is 4.15. The Hall–Kier alpha value is -1.39. The number of hydrogen-bond acceptors (Lipinski definition) is 3. The van der Waals surface area contributed by atoms with Crippen molar-refractivity contribution in [2.45, 2.75) is 33.4 Å². The number of pyridine rings is 1. The van der Waals surface area contributed by atoms with Crippen molar-refractivity contribution in [1.29, 1.82) is 0 Å². The normalized spacial score (nSPS) is 10.6. The van der Waals surface area contributed by atoms with Crippen molar-refractivity contribution >= 4 is 15.9 Å². The Morgan fingerprint density at radius 2 is 2.10 bits per heavy atom. The van der Waals surface area contributed by atoms with E-state index in [9.17, 15) is 0 Å². The Kier molecular flexibility index (Phi) is 6.21. The van der Waals surface area contributed by atoms with Gasteiger partial charge in [-0.15, -0.1) is 0 Å². The van der Waals surface area contributed by atoms with Crippen LogP contribution in [0.25, 0.3) is 0 Å². The summed E-state index contributed by atoms with van der Waals surface area (Å²) in [6, 6.07) is 8.33. The Balaban J connectivity index is 2.04. The smallest absolute Gasteiger partial charge is 0.124 e. The molecule has 0 saturated carbocycles. The molecule has 0 fully saturated rings. The monoisotopic (exact) mass is 348 g/mol. The van der Waals surface area contributed by atoms with Crippen LogP contribution >= 0.6 is 15.9 Å². The number of aromatic nitrogens is 1. The maximum absolute atomic E-state index is 5.96. The van der Waals surface area contributed by atoms with Gasteiger partial charge in [0.1, 0.15) is 12.4 Å². The highest BCUT2D eigenvalue weighted by atomic mass is 79.9. The summed E-state index contributed by atoms with van der Waals surface area (Å²) in [6.45, 7) is 6.65. The molecule has 21 heavy (non-hydrogen) atoms. The van der Waals surface area contributed by atoms with Crippen molar-refractivity contribution in [3.63, 3.8) is 0 Å². The summed E-state index contributed by atoms with van der Waals surface area (Å²) in [5.41, 5.74) is 3.50. The van der Waals surface area contributed by atoms with Crippen LogP contribution in [-0.2, 0) is 13.2 Å². The van der Waals surface area contributed by atoms with Crippen LogP contribution in [0.1, 0.15) is 30.0 Å². The second-order valence-corrected chi connectivity index (χ2v) is 6.00. The third kappa shape index (κ3) is 5.14. The lowest BCUT2D eigenvalue weighted by Gasteiger charge is -2.13. The van der Waals surface area contributed by atoms with Crippen molar-refractivity contribution in [3.8, 4) is 5.75 Å². The van der Waals surface area contributed by atoms with E-state index >= 15 is 0 Å². The van der Waals surface area contributed by atoms with Crippen LogP contribution in [0.2, 0.25) is 0 Å². The molecule has 3 nitrogen and oxygen atoms in total. The van der Waals surface area contributed by atoms with Crippen LogP contribution < -0.4 is 10.1 Å². The number of aryl methyl sites for hydroxylation is 1. The molecule has 0 saturated heterocycles. The van der Waals surface area contributed by atoms with E-state index in [1.54, 1.807) is 6.20 Å². The number of nitrogens with one attached hydrogen (secondary N) is 1. The number of halogens is 1. The quantitative estimate of drug-likeness (QED) is 0.760. The number of hydrogen-bond donors (Lipinski definition) is 1. The van der Waals surface area contributed by atoms with Gasteiger partial charge >= 0.3 is 0 Å². The van der Waals surface area contributed by atoms with Crippen LogP contribution in [0, 0.1) is 6.92 Å². The first-order valence-corrected chi connectivity index (χ1v) is 8.01. The molecule has 1 heterocycles. The molecule has 0 amide bonds. The van der Waals surface area contributed by atoms with Crippen LogP contribution in [0.4, 0.5) is 0 Å². The Morgan fingerprint density at radius 3 is 2.86 bits per heavy atom. The number of ether oxygens (including phenoxy) is 1. The van der Waals surface area contributed by atoms with Crippen molar-refractivity contribution < 1.29 is 4.74 Å². The van der Waals surface area contributed by atoms with Crippen LogP contribution in [0.3, 0.4) is 0 Å². The van der Waals surface area contributed by atoms with E-state index in [1.165, 1.54) is 11.1 Å². The lowest BCUT2D eigenvalue weighted by Crippen LogP contribution is -2.14. The maximum atomic E-state index is 5.96. The summed E-state index contributed by atoms with van der Waals surface area (Å²) < 4.78 is 6.93.